The number of nitrogens with zero attached hydrogens (tertiary/aromatic N) is 4. The monoisotopic (exact) mass is 207 g/mol. The molecule has 0 bridgehead atoms. The summed E-state index contributed by atoms with van der Waals surface area (Å²) in [6.07, 6.45) is 0. The third-order valence-electron chi connectivity index (χ3n) is 2.05. The topological polar surface area (TPSA) is 69.6 Å². The molecule has 0 aliphatic heterocycles. The minimum Gasteiger partial charge on any atom is -0.399 e. The van der Waals surface area contributed by atoms with Crippen LogP contribution in [0, 0.1) is 0 Å². The minimum atomic E-state index is -0.552. The van der Waals surface area contributed by atoms with Gasteiger partial charge in [0.15, 0.2) is 5.82 Å². The van der Waals surface area contributed by atoms with E-state index in [1.54, 1.807) is 25.2 Å². The van der Waals surface area contributed by atoms with Gasteiger partial charge >= 0.3 is 0 Å². The van der Waals surface area contributed by atoms with Gasteiger partial charge in [0.2, 0.25) is 0 Å². The Bertz CT molecular complexity index is 479. The molecule has 1 aromatic carbocycles. The number of nitrogen functional groups attached to an aromatic ring is 1. The molecule has 0 radical (unpaired) electrons. The molecule has 6 heteroatoms. The third-order valence-corrected chi connectivity index (χ3v) is 2.05. The molecular formula is C9H10FN5. The second kappa shape index (κ2) is 3.64. The van der Waals surface area contributed by atoms with E-state index in [1.807, 2.05) is 0 Å². The first kappa shape index (κ1) is 9.57. The smallest absolute Gasteiger partial charge is 0.181 e. The van der Waals surface area contributed by atoms with E-state index in [9.17, 15) is 4.39 Å². The van der Waals surface area contributed by atoms with E-state index < -0.39 is 6.67 Å². The van der Waals surface area contributed by atoms with E-state index in [0.717, 1.165) is 5.56 Å². The lowest BCUT2D eigenvalue weighted by Gasteiger charge is -2.03. The molecule has 2 aromatic rings. The van der Waals surface area contributed by atoms with E-state index in [4.69, 9.17) is 5.73 Å². The fourth-order valence-corrected chi connectivity index (χ4v) is 1.40. The first-order valence-electron chi connectivity index (χ1n) is 4.39. The lowest BCUT2D eigenvalue weighted by Crippen LogP contribution is -1.96. The Balaban J connectivity index is 2.53. The van der Waals surface area contributed by atoms with E-state index in [-0.39, 0.29) is 0 Å². The van der Waals surface area contributed by atoms with Crippen molar-refractivity contribution in [3.05, 3.63) is 23.8 Å². The summed E-state index contributed by atoms with van der Waals surface area (Å²) in [7, 11) is 1.72. The maximum atomic E-state index is 12.5. The molecule has 1 heterocycles. The molecular weight excluding hydrogens is 197 g/mol. The molecule has 2 rings (SSSR count). The number of alkyl halides is 1. The highest BCUT2D eigenvalue weighted by molar-refractivity contribution is 5.62. The van der Waals surface area contributed by atoms with Crippen LogP contribution in [-0.2, 0) is 13.7 Å². The number of hydrogen-bond donors (Lipinski definition) is 1. The Labute approximate surface area is 85.7 Å². The first-order valence-corrected chi connectivity index (χ1v) is 4.39. The van der Waals surface area contributed by atoms with Gasteiger partial charge in [-0.2, -0.15) is 0 Å². The zero-order valence-corrected chi connectivity index (χ0v) is 8.18. The Kier molecular flexibility index (Phi) is 2.32. The molecule has 15 heavy (non-hydrogen) atoms. The van der Waals surface area contributed by atoms with E-state index in [1.165, 1.54) is 4.68 Å². The van der Waals surface area contributed by atoms with Gasteiger partial charge < -0.3 is 5.73 Å². The molecule has 78 valence electrons. The largest absolute Gasteiger partial charge is 0.399 e. The van der Waals surface area contributed by atoms with Gasteiger partial charge in [0.25, 0.3) is 0 Å². The number of nitrogens with two attached hydrogens (primary N) is 1. The summed E-state index contributed by atoms with van der Waals surface area (Å²) < 4.78 is 14.0. The molecule has 0 fully saturated rings. The molecule has 0 unspecified atom stereocenters. The van der Waals surface area contributed by atoms with E-state index in [0.29, 0.717) is 17.1 Å². The first-order chi connectivity index (χ1) is 7.20. The zero-order valence-electron chi connectivity index (χ0n) is 8.18. The fraction of sp³-hybridized carbons (Fsp3) is 0.222. The maximum absolute atomic E-state index is 12.5. The van der Waals surface area contributed by atoms with Gasteiger partial charge in [-0.15, -0.1) is 5.10 Å². The summed E-state index contributed by atoms with van der Waals surface area (Å²) in [5, 5.41) is 11.0. The van der Waals surface area contributed by atoms with Crippen molar-refractivity contribution in [3.63, 3.8) is 0 Å². The van der Waals surface area contributed by atoms with Gasteiger partial charge in [-0.3, -0.25) is 0 Å². The van der Waals surface area contributed by atoms with Gasteiger partial charge in [-0.05, 0) is 34.2 Å². The predicted molar refractivity (Wildman–Crippen MR) is 53.5 cm³/mol. The lowest BCUT2D eigenvalue weighted by atomic mass is 10.1. The molecule has 0 spiro atoms. The lowest BCUT2D eigenvalue weighted by molar-refractivity contribution is 0.485. The summed E-state index contributed by atoms with van der Waals surface area (Å²) in [4.78, 5) is 0. The van der Waals surface area contributed by atoms with Crippen molar-refractivity contribution in [3.8, 4) is 11.4 Å². The standard InChI is InChI=1S/C9H10FN5/c1-15-9(12-13-14-15)7-2-6(5-10)3-8(11)4-7/h2-4H,5,11H2,1H3. The molecule has 0 amide bonds. The van der Waals surface area contributed by atoms with Crippen LogP contribution in [0.3, 0.4) is 0 Å². The number of halogens is 1. The number of rotatable bonds is 2. The molecule has 0 aliphatic carbocycles. The molecule has 0 aliphatic rings. The molecule has 0 atom stereocenters. The second-order valence-corrected chi connectivity index (χ2v) is 3.22. The summed E-state index contributed by atoms with van der Waals surface area (Å²) in [5.74, 6) is 0.567. The average Bonchev–Trinajstić information content (AvgIpc) is 2.63. The number of anilines is 1. The van der Waals surface area contributed by atoms with Crippen molar-refractivity contribution in [1.82, 2.24) is 20.2 Å². The Morgan fingerprint density at radius 3 is 2.80 bits per heavy atom. The molecule has 1 aromatic heterocycles. The highest BCUT2D eigenvalue weighted by atomic mass is 19.1. The fourth-order valence-electron chi connectivity index (χ4n) is 1.40. The van der Waals surface area contributed by atoms with Crippen LogP contribution in [0.15, 0.2) is 18.2 Å². The number of tetrazole rings is 1. The van der Waals surface area contributed by atoms with Crippen molar-refractivity contribution in [2.24, 2.45) is 7.05 Å². The van der Waals surface area contributed by atoms with E-state index in [2.05, 4.69) is 15.5 Å². The zero-order chi connectivity index (χ0) is 10.8. The highest BCUT2D eigenvalue weighted by Crippen LogP contribution is 2.21. The number of benzene rings is 1. The van der Waals surface area contributed by atoms with Gasteiger partial charge in [-0.1, -0.05) is 0 Å². The minimum absolute atomic E-state index is 0.503. The van der Waals surface area contributed by atoms with E-state index >= 15 is 0 Å². The van der Waals surface area contributed by atoms with Crippen LogP contribution in [0.1, 0.15) is 5.56 Å². The SMILES string of the molecule is Cn1nnnc1-c1cc(N)cc(CF)c1. The number of aromatic nitrogens is 4. The highest BCUT2D eigenvalue weighted by Gasteiger charge is 2.07. The Morgan fingerprint density at radius 1 is 1.40 bits per heavy atom. The van der Waals surface area contributed by atoms with Crippen molar-refractivity contribution in [2.75, 3.05) is 5.73 Å². The normalized spacial score (nSPS) is 10.5. The van der Waals surface area contributed by atoms with Crippen LogP contribution in [0.5, 0.6) is 0 Å². The summed E-state index contributed by atoms with van der Waals surface area (Å²) in [5.41, 5.74) is 7.39. The van der Waals surface area contributed by atoms with Crippen molar-refractivity contribution in [1.29, 1.82) is 0 Å². The van der Waals surface area contributed by atoms with Gasteiger partial charge in [0.05, 0.1) is 0 Å². The number of aryl methyl sites for hydroxylation is 1. The molecule has 0 saturated carbocycles. The summed E-state index contributed by atoms with van der Waals surface area (Å²) >= 11 is 0. The Morgan fingerprint density at radius 2 is 2.20 bits per heavy atom. The van der Waals surface area contributed by atoms with Crippen molar-refractivity contribution in [2.45, 2.75) is 6.67 Å². The second-order valence-electron chi connectivity index (χ2n) is 3.22. The van der Waals surface area contributed by atoms with Crippen molar-refractivity contribution >= 4 is 5.69 Å². The van der Waals surface area contributed by atoms with Crippen LogP contribution in [0.4, 0.5) is 10.1 Å². The maximum Gasteiger partial charge on any atom is 0.181 e. The molecule has 5 nitrogen and oxygen atoms in total. The van der Waals surface area contributed by atoms with Crippen molar-refractivity contribution < 1.29 is 4.39 Å². The predicted octanol–water partition coefficient (Wildman–Crippen LogP) is 0.929. The number of hydrogen-bond acceptors (Lipinski definition) is 4. The van der Waals surface area contributed by atoms with Crippen LogP contribution in [0.25, 0.3) is 11.4 Å². The summed E-state index contributed by atoms with van der Waals surface area (Å²) in [6, 6.07) is 4.99. The molecule has 2 N–H and O–H groups in total. The van der Waals surface area contributed by atoms with Gasteiger partial charge in [0, 0.05) is 18.3 Å². The van der Waals surface area contributed by atoms with Crippen LogP contribution >= 0.6 is 0 Å². The van der Waals surface area contributed by atoms with Gasteiger partial charge in [0.1, 0.15) is 6.67 Å². The van der Waals surface area contributed by atoms with Crippen LogP contribution in [-0.4, -0.2) is 20.2 Å². The quantitative estimate of drug-likeness (QED) is 0.744. The van der Waals surface area contributed by atoms with Crippen LogP contribution < -0.4 is 5.73 Å². The van der Waals surface area contributed by atoms with Gasteiger partial charge in [-0.25, -0.2) is 9.07 Å². The summed E-state index contributed by atoms with van der Waals surface area (Å²) in [6.45, 7) is -0.552. The average molecular weight is 207 g/mol. The molecule has 0 saturated heterocycles. The Hall–Kier alpha value is -1.98. The van der Waals surface area contributed by atoms with Crippen LogP contribution in [0.2, 0.25) is 0 Å². The third kappa shape index (κ3) is 1.78.